The van der Waals surface area contributed by atoms with Gasteiger partial charge < -0.3 is 15.5 Å². The molecule has 0 saturated carbocycles. The fourth-order valence-electron chi connectivity index (χ4n) is 3.44. The number of halogens is 2. The number of anilines is 1. The zero-order valence-electron chi connectivity index (χ0n) is 14.4. The van der Waals surface area contributed by atoms with Crippen LogP contribution in [0.15, 0.2) is 28.7 Å². The van der Waals surface area contributed by atoms with Crippen LogP contribution in [0, 0.1) is 11.3 Å². The fraction of sp³-hybridized carbons (Fsp3) is 0.556. The highest BCUT2D eigenvalue weighted by atomic mass is 79.9. The molecule has 1 aromatic carbocycles. The molecule has 1 unspecified atom stereocenters. The molecule has 5 nitrogen and oxygen atoms in total. The number of nitrogens with zero attached hydrogens (tertiary/aromatic N) is 1. The highest BCUT2D eigenvalue weighted by Crippen LogP contribution is 2.32. The molecule has 2 aliphatic heterocycles. The van der Waals surface area contributed by atoms with Gasteiger partial charge in [0.2, 0.25) is 11.8 Å². The molecule has 2 saturated heterocycles. The summed E-state index contributed by atoms with van der Waals surface area (Å²) in [6.07, 6.45) is 2.42. The molecule has 1 atom stereocenters. The predicted octanol–water partition coefficient (Wildman–Crippen LogP) is 2.73. The third-order valence-corrected chi connectivity index (χ3v) is 5.81. The van der Waals surface area contributed by atoms with Gasteiger partial charge in [0, 0.05) is 24.0 Å². The zero-order valence-corrected chi connectivity index (χ0v) is 16.8. The first-order chi connectivity index (χ1) is 11.5. The Morgan fingerprint density at radius 2 is 2.04 bits per heavy atom. The number of para-hydroxylation sites is 1. The van der Waals surface area contributed by atoms with Crippen LogP contribution < -0.4 is 15.5 Å². The monoisotopic (exact) mass is 429 g/mol. The molecular formula is C18H25BrClN3O2. The number of benzene rings is 1. The average molecular weight is 431 g/mol. The van der Waals surface area contributed by atoms with Crippen molar-refractivity contribution in [1.82, 2.24) is 10.6 Å². The molecule has 2 N–H and O–H groups in total. The lowest BCUT2D eigenvalue weighted by Crippen LogP contribution is -2.44. The summed E-state index contributed by atoms with van der Waals surface area (Å²) in [6, 6.07) is 7.63. The molecule has 2 heterocycles. The summed E-state index contributed by atoms with van der Waals surface area (Å²) in [7, 11) is 0. The van der Waals surface area contributed by atoms with Gasteiger partial charge in [-0.3, -0.25) is 9.59 Å². The van der Waals surface area contributed by atoms with Crippen LogP contribution in [-0.4, -0.2) is 38.0 Å². The largest absolute Gasteiger partial charge is 0.355 e. The first-order valence-electron chi connectivity index (χ1n) is 8.52. The number of hydrogen-bond acceptors (Lipinski definition) is 3. The Labute approximate surface area is 163 Å². The number of rotatable bonds is 4. The summed E-state index contributed by atoms with van der Waals surface area (Å²) in [5.41, 5.74) is 0.995. The quantitative estimate of drug-likeness (QED) is 0.772. The van der Waals surface area contributed by atoms with Gasteiger partial charge in [0.25, 0.3) is 0 Å². The van der Waals surface area contributed by atoms with Crippen LogP contribution in [0.5, 0.6) is 0 Å². The van der Waals surface area contributed by atoms with Crippen molar-refractivity contribution in [2.75, 3.05) is 31.1 Å². The van der Waals surface area contributed by atoms with Crippen molar-refractivity contribution in [3.8, 4) is 0 Å². The van der Waals surface area contributed by atoms with Crippen molar-refractivity contribution in [1.29, 1.82) is 0 Å². The van der Waals surface area contributed by atoms with Gasteiger partial charge in [-0.05, 0) is 59.4 Å². The SMILES string of the molecule is CC1(CNC(=O)C2CC(=O)N(c3ccccc3Br)C2)CCNCC1.Cl. The zero-order chi connectivity index (χ0) is 17.2. The maximum Gasteiger partial charge on any atom is 0.227 e. The fourth-order valence-corrected chi connectivity index (χ4v) is 3.94. The molecular weight excluding hydrogens is 406 g/mol. The first-order valence-corrected chi connectivity index (χ1v) is 9.31. The summed E-state index contributed by atoms with van der Waals surface area (Å²) in [5.74, 6) is -0.261. The molecule has 2 aliphatic rings. The van der Waals surface area contributed by atoms with Gasteiger partial charge in [0.15, 0.2) is 0 Å². The number of hydrogen-bond donors (Lipinski definition) is 2. The molecule has 3 rings (SSSR count). The summed E-state index contributed by atoms with van der Waals surface area (Å²) in [4.78, 5) is 26.6. The summed E-state index contributed by atoms with van der Waals surface area (Å²) in [6.45, 7) is 5.37. The van der Waals surface area contributed by atoms with E-state index in [0.717, 1.165) is 36.1 Å². The minimum Gasteiger partial charge on any atom is -0.355 e. The summed E-state index contributed by atoms with van der Waals surface area (Å²) >= 11 is 3.48. The molecule has 2 amide bonds. The van der Waals surface area contributed by atoms with Gasteiger partial charge in [0.1, 0.15) is 0 Å². The van der Waals surface area contributed by atoms with Crippen LogP contribution in [0.1, 0.15) is 26.2 Å². The number of carbonyl (C=O) groups excluding carboxylic acids is 2. The van der Waals surface area contributed by atoms with Gasteiger partial charge >= 0.3 is 0 Å². The van der Waals surface area contributed by atoms with Gasteiger partial charge in [-0.2, -0.15) is 0 Å². The lowest BCUT2D eigenvalue weighted by atomic mass is 9.81. The number of nitrogens with one attached hydrogen (secondary N) is 2. The van der Waals surface area contributed by atoms with Gasteiger partial charge in [0.05, 0.1) is 11.6 Å². The lowest BCUT2D eigenvalue weighted by molar-refractivity contribution is -0.126. The normalized spacial score (nSPS) is 22.4. The van der Waals surface area contributed by atoms with Crippen LogP contribution >= 0.6 is 28.3 Å². The van der Waals surface area contributed by atoms with Gasteiger partial charge in [-0.25, -0.2) is 0 Å². The van der Waals surface area contributed by atoms with Crippen LogP contribution in [0.4, 0.5) is 5.69 Å². The van der Waals surface area contributed by atoms with E-state index in [1.54, 1.807) is 4.90 Å². The van der Waals surface area contributed by atoms with E-state index in [1.165, 1.54) is 0 Å². The third-order valence-electron chi connectivity index (χ3n) is 5.14. The van der Waals surface area contributed by atoms with Crippen molar-refractivity contribution in [3.05, 3.63) is 28.7 Å². The average Bonchev–Trinajstić information content (AvgIpc) is 2.96. The Morgan fingerprint density at radius 1 is 1.36 bits per heavy atom. The molecule has 7 heteroatoms. The highest BCUT2D eigenvalue weighted by molar-refractivity contribution is 9.10. The van der Waals surface area contributed by atoms with Crippen LogP contribution in [-0.2, 0) is 9.59 Å². The van der Waals surface area contributed by atoms with Crippen LogP contribution in [0.3, 0.4) is 0 Å². The van der Waals surface area contributed by atoms with E-state index in [9.17, 15) is 9.59 Å². The predicted molar refractivity (Wildman–Crippen MR) is 105 cm³/mol. The minimum atomic E-state index is -0.269. The maximum absolute atomic E-state index is 12.5. The molecule has 0 aromatic heterocycles. The molecule has 0 aliphatic carbocycles. The molecule has 0 radical (unpaired) electrons. The molecule has 0 spiro atoms. The van der Waals surface area contributed by atoms with Crippen LogP contribution in [0.25, 0.3) is 0 Å². The van der Waals surface area contributed by atoms with E-state index < -0.39 is 0 Å². The van der Waals surface area contributed by atoms with Crippen molar-refractivity contribution in [2.45, 2.75) is 26.2 Å². The van der Waals surface area contributed by atoms with E-state index in [1.807, 2.05) is 24.3 Å². The molecule has 138 valence electrons. The lowest BCUT2D eigenvalue weighted by Gasteiger charge is -2.34. The maximum atomic E-state index is 12.5. The highest BCUT2D eigenvalue weighted by Gasteiger charge is 2.36. The molecule has 1 aromatic rings. The second-order valence-corrected chi connectivity index (χ2v) is 7.99. The van der Waals surface area contributed by atoms with Gasteiger partial charge in [-0.1, -0.05) is 19.1 Å². The summed E-state index contributed by atoms with van der Waals surface area (Å²) in [5, 5.41) is 6.43. The van der Waals surface area contributed by atoms with E-state index in [-0.39, 0.29) is 42.0 Å². The Hall–Kier alpha value is -1.11. The van der Waals surface area contributed by atoms with E-state index in [0.29, 0.717) is 13.1 Å². The number of carbonyl (C=O) groups is 2. The minimum absolute atomic E-state index is 0. The second kappa shape index (κ2) is 8.52. The van der Waals surface area contributed by atoms with Crippen molar-refractivity contribution < 1.29 is 9.59 Å². The molecule has 25 heavy (non-hydrogen) atoms. The Balaban J connectivity index is 0.00000225. The Kier molecular flexibility index (Phi) is 6.88. The van der Waals surface area contributed by atoms with E-state index >= 15 is 0 Å². The third kappa shape index (κ3) is 4.74. The Bertz CT molecular complexity index is 635. The van der Waals surface area contributed by atoms with Gasteiger partial charge in [-0.15, -0.1) is 12.4 Å². The van der Waals surface area contributed by atoms with E-state index in [2.05, 4.69) is 33.5 Å². The van der Waals surface area contributed by atoms with E-state index in [4.69, 9.17) is 0 Å². The molecule has 2 fully saturated rings. The smallest absolute Gasteiger partial charge is 0.227 e. The standard InChI is InChI=1S/C18H24BrN3O2.ClH/c1-18(6-8-20-9-7-18)12-21-17(24)13-10-16(23)22(11-13)15-5-3-2-4-14(15)19;/h2-5,13,20H,6-12H2,1H3,(H,21,24);1H. The number of amides is 2. The topological polar surface area (TPSA) is 61.4 Å². The van der Waals surface area contributed by atoms with Crippen molar-refractivity contribution in [2.24, 2.45) is 11.3 Å². The second-order valence-electron chi connectivity index (χ2n) is 7.14. The number of piperidine rings is 1. The van der Waals surface area contributed by atoms with Crippen molar-refractivity contribution >= 4 is 45.8 Å². The Morgan fingerprint density at radius 3 is 2.72 bits per heavy atom. The van der Waals surface area contributed by atoms with Crippen molar-refractivity contribution in [3.63, 3.8) is 0 Å². The first kappa shape index (κ1) is 20.2. The molecule has 0 bridgehead atoms. The van der Waals surface area contributed by atoms with Crippen LogP contribution in [0.2, 0.25) is 0 Å². The summed E-state index contributed by atoms with van der Waals surface area (Å²) < 4.78 is 0.877.